The van der Waals surface area contributed by atoms with Gasteiger partial charge >= 0.3 is 0 Å². The molecule has 1 rings (SSSR count). The molecular formula is C15H30. The highest BCUT2D eigenvalue weighted by Crippen LogP contribution is 2.55. The fourth-order valence-corrected chi connectivity index (χ4v) is 2.66. The number of unbranched alkanes of at least 4 members (excludes halogenated alkanes) is 3. The van der Waals surface area contributed by atoms with E-state index in [1.54, 1.807) is 0 Å². The molecule has 90 valence electrons. The molecule has 1 fully saturated rings. The summed E-state index contributed by atoms with van der Waals surface area (Å²) in [7, 11) is 0. The van der Waals surface area contributed by atoms with E-state index in [1.807, 2.05) is 0 Å². The minimum atomic E-state index is 0.790. The van der Waals surface area contributed by atoms with E-state index in [2.05, 4.69) is 27.7 Å². The predicted octanol–water partition coefficient (Wildman–Crippen LogP) is 5.42. The van der Waals surface area contributed by atoms with Crippen LogP contribution in [0.4, 0.5) is 0 Å². The average molecular weight is 210 g/mol. The molecule has 15 heavy (non-hydrogen) atoms. The van der Waals surface area contributed by atoms with E-state index >= 15 is 0 Å². The van der Waals surface area contributed by atoms with E-state index in [0.29, 0.717) is 0 Å². The Morgan fingerprint density at radius 1 is 0.867 bits per heavy atom. The van der Waals surface area contributed by atoms with Crippen molar-refractivity contribution >= 4 is 0 Å². The second kappa shape index (κ2) is 5.92. The third-order valence-corrected chi connectivity index (χ3v) is 4.32. The van der Waals surface area contributed by atoms with E-state index in [0.717, 1.165) is 17.3 Å². The summed E-state index contributed by atoms with van der Waals surface area (Å²) in [5.74, 6) is 1.82. The topological polar surface area (TPSA) is 0 Å². The first-order chi connectivity index (χ1) is 7.07. The molecule has 0 heteroatoms. The molecule has 0 bridgehead atoms. The molecule has 0 atom stereocenters. The molecule has 0 unspecified atom stereocenters. The summed E-state index contributed by atoms with van der Waals surface area (Å²) in [5, 5.41) is 0. The zero-order chi connectivity index (χ0) is 11.3. The van der Waals surface area contributed by atoms with Crippen molar-refractivity contribution in [1.82, 2.24) is 0 Å². The molecule has 0 radical (unpaired) electrons. The Kier molecular flexibility index (Phi) is 5.15. The van der Waals surface area contributed by atoms with Gasteiger partial charge in [-0.3, -0.25) is 0 Å². The van der Waals surface area contributed by atoms with Gasteiger partial charge < -0.3 is 0 Å². The van der Waals surface area contributed by atoms with Gasteiger partial charge in [0.15, 0.2) is 0 Å². The smallest absolute Gasteiger partial charge is 0.0274 e. The standard InChI is InChI=1S/C15H30/c1-13(2)9-7-5-6-8-10-15(11-12-15)14(3)4/h13-14H,5-12H2,1-4H3. The Bertz CT molecular complexity index is 163. The second-order valence-corrected chi connectivity index (χ2v) is 6.36. The Labute approximate surface area is 96.8 Å². The highest BCUT2D eigenvalue weighted by atomic mass is 14.5. The Hall–Kier alpha value is 0. The van der Waals surface area contributed by atoms with Crippen molar-refractivity contribution in [3.8, 4) is 0 Å². The minimum absolute atomic E-state index is 0.790. The van der Waals surface area contributed by atoms with Crippen LogP contribution in [0.3, 0.4) is 0 Å². The van der Waals surface area contributed by atoms with E-state index in [9.17, 15) is 0 Å². The van der Waals surface area contributed by atoms with Gasteiger partial charge in [-0.15, -0.1) is 0 Å². The molecular weight excluding hydrogens is 180 g/mol. The maximum atomic E-state index is 2.41. The van der Waals surface area contributed by atoms with Crippen molar-refractivity contribution < 1.29 is 0 Å². The van der Waals surface area contributed by atoms with Gasteiger partial charge in [0.25, 0.3) is 0 Å². The summed E-state index contributed by atoms with van der Waals surface area (Å²) in [6, 6.07) is 0. The quantitative estimate of drug-likeness (QED) is 0.469. The molecule has 1 aliphatic carbocycles. The van der Waals surface area contributed by atoms with E-state index in [4.69, 9.17) is 0 Å². The van der Waals surface area contributed by atoms with Crippen LogP contribution in [0.1, 0.15) is 79.1 Å². The second-order valence-electron chi connectivity index (χ2n) is 6.36. The van der Waals surface area contributed by atoms with Crippen molar-refractivity contribution in [2.75, 3.05) is 0 Å². The highest BCUT2D eigenvalue weighted by Gasteiger charge is 2.44. The Morgan fingerprint density at radius 2 is 1.47 bits per heavy atom. The van der Waals surface area contributed by atoms with Crippen LogP contribution in [0, 0.1) is 17.3 Å². The zero-order valence-corrected chi connectivity index (χ0v) is 11.3. The molecule has 0 aromatic rings. The van der Waals surface area contributed by atoms with Gasteiger partial charge in [0, 0.05) is 0 Å². The summed E-state index contributed by atoms with van der Waals surface area (Å²) in [6.07, 6.45) is 11.8. The van der Waals surface area contributed by atoms with Crippen molar-refractivity contribution in [2.45, 2.75) is 79.1 Å². The lowest BCUT2D eigenvalue weighted by molar-refractivity contribution is 0.319. The molecule has 0 nitrogen and oxygen atoms in total. The van der Waals surface area contributed by atoms with Gasteiger partial charge in [-0.25, -0.2) is 0 Å². The normalized spacial score (nSPS) is 18.8. The molecule has 0 aliphatic heterocycles. The van der Waals surface area contributed by atoms with Gasteiger partial charge in [-0.2, -0.15) is 0 Å². The van der Waals surface area contributed by atoms with Crippen LogP contribution in [0.25, 0.3) is 0 Å². The summed E-state index contributed by atoms with van der Waals surface area (Å²) >= 11 is 0. The van der Waals surface area contributed by atoms with Crippen molar-refractivity contribution in [3.63, 3.8) is 0 Å². The third kappa shape index (κ3) is 4.57. The van der Waals surface area contributed by atoms with E-state index in [-0.39, 0.29) is 0 Å². The molecule has 0 amide bonds. The average Bonchev–Trinajstić information content (AvgIpc) is 2.91. The van der Waals surface area contributed by atoms with Crippen molar-refractivity contribution in [2.24, 2.45) is 17.3 Å². The lowest BCUT2D eigenvalue weighted by atomic mass is 9.87. The van der Waals surface area contributed by atoms with Crippen molar-refractivity contribution in [3.05, 3.63) is 0 Å². The molecule has 1 saturated carbocycles. The first-order valence-corrected chi connectivity index (χ1v) is 7.07. The number of hydrogen-bond donors (Lipinski definition) is 0. The predicted molar refractivity (Wildman–Crippen MR) is 69.0 cm³/mol. The van der Waals surface area contributed by atoms with Crippen LogP contribution in [-0.2, 0) is 0 Å². The number of rotatable bonds is 8. The molecule has 0 saturated heterocycles. The number of hydrogen-bond acceptors (Lipinski definition) is 0. The van der Waals surface area contributed by atoms with Crippen LogP contribution in [-0.4, -0.2) is 0 Å². The maximum absolute atomic E-state index is 2.41. The van der Waals surface area contributed by atoms with Gasteiger partial charge in [-0.1, -0.05) is 59.8 Å². The third-order valence-electron chi connectivity index (χ3n) is 4.32. The highest BCUT2D eigenvalue weighted by molar-refractivity contribution is 4.94. The first-order valence-electron chi connectivity index (χ1n) is 7.07. The summed E-state index contributed by atoms with van der Waals surface area (Å²) in [4.78, 5) is 0. The zero-order valence-electron chi connectivity index (χ0n) is 11.3. The molecule has 1 aliphatic rings. The molecule has 0 heterocycles. The molecule has 0 aromatic heterocycles. The Morgan fingerprint density at radius 3 is 1.93 bits per heavy atom. The monoisotopic (exact) mass is 210 g/mol. The maximum Gasteiger partial charge on any atom is -0.0274 e. The summed E-state index contributed by atoms with van der Waals surface area (Å²) < 4.78 is 0. The van der Waals surface area contributed by atoms with E-state index in [1.165, 1.54) is 51.4 Å². The van der Waals surface area contributed by atoms with Gasteiger partial charge in [-0.05, 0) is 36.5 Å². The van der Waals surface area contributed by atoms with Crippen molar-refractivity contribution in [1.29, 1.82) is 0 Å². The lowest BCUT2D eigenvalue weighted by Gasteiger charge is -2.19. The molecule has 0 spiro atoms. The SMILES string of the molecule is CC(C)CCCCCCC1(C(C)C)CC1. The lowest BCUT2D eigenvalue weighted by Crippen LogP contribution is -2.08. The van der Waals surface area contributed by atoms with Crippen LogP contribution in [0.5, 0.6) is 0 Å². The van der Waals surface area contributed by atoms with Crippen LogP contribution < -0.4 is 0 Å². The van der Waals surface area contributed by atoms with Crippen LogP contribution in [0.2, 0.25) is 0 Å². The minimum Gasteiger partial charge on any atom is -0.0628 e. The first kappa shape index (κ1) is 13.1. The fourth-order valence-electron chi connectivity index (χ4n) is 2.66. The Balaban J connectivity index is 1.93. The largest absolute Gasteiger partial charge is 0.0628 e. The van der Waals surface area contributed by atoms with Crippen LogP contribution >= 0.6 is 0 Å². The molecule has 0 aromatic carbocycles. The summed E-state index contributed by atoms with van der Waals surface area (Å²) in [6.45, 7) is 9.48. The van der Waals surface area contributed by atoms with Gasteiger partial charge in [0.05, 0.1) is 0 Å². The van der Waals surface area contributed by atoms with Gasteiger partial charge in [0.1, 0.15) is 0 Å². The molecule has 0 N–H and O–H groups in total. The fraction of sp³-hybridized carbons (Fsp3) is 1.00. The summed E-state index contributed by atoms with van der Waals surface area (Å²) in [5.41, 5.74) is 0.790. The van der Waals surface area contributed by atoms with E-state index < -0.39 is 0 Å². The van der Waals surface area contributed by atoms with Crippen LogP contribution in [0.15, 0.2) is 0 Å². The van der Waals surface area contributed by atoms with Gasteiger partial charge in [0.2, 0.25) is 0 Å².